The summed E-state index contributed by atoms with van der Waals surface area (Å²) < 4.78 is 6.99. The fraction of sp³-hybridized carbons (Fsp3) is 0.417. The van der Waals surface area contributed by atoms with Crippen molar-refractivity contribution in [2.75, 3.05) is 19.5 Å². The highest BCUT2D eigenvalue weighted by Crippen LogP contribution is 2.25. The van der Waals surface area contributed by atoms with Crippen molar-refractivity contribution < 1.29 is 4.74 Å². The molecule has 0 aliphatic heterocycles. The highest BCUT2D eigenvalue weighted by molar-refractivity contribution is 6.35. The Hall–Kier alpha value is -1.26. The van der Waals surface area contributed by atoms with E-state index in [0.29, 0.717) is 11.0 Å². The van der Waals surface area contributed by atoms with Gasteiger partial charge in [0.1, 0.15) is 0 Å². The average Bonchev–Trinajstić information content (AvgIpc) is 2.62. The van der Waals surface area contributed by atoms with Gasteiger partial charge in [0.25, 0.3) is 0 Å². The smallest absolute Gasteiger partial charge is 0.201 e. The zero-order chi connectivity index (χ0) is 12.3. The number of hydrogen-bond donors (Lipinski definition) is 1. The third-order valence-corrected chi connectivity index (χ3v) is 3.03. The van der Waals surface area contributed by atoms with Crippen molar-refractivity contribution >= 4 is 28.6 Å². The van der Waals surface area contributed by atoms with Gasteiger partial charge in [0.05, 0.1) is 16.1 Å². The van der Waals surface area contributed by atoms with Crippen LogP contribution in [0, 0.1) is 0 Å². The van der Waals surface area contributed by atoms with Crippen LogP contribution in [0.4, 0.5) is 5.95 Å². The van der Waals surface area contributed by atoms with E-state index in [-0.39, 0.29) is 0 Å². The molecule has 0 spiro atoms. The zero-order valence-electron chi connectivity index (χ0n) is 9.82. The van der Waals surface area contributed by atoms with E-state index in [9.17, 15) is 0 Å². The van der Waals surface area contributed by atoms with Gasteiger partial charge in [-0.1, -0.05) is 17.7 Å². The van der Waals surface area contributed by atoms with Gasteiger partial charge < -0.3 is 15.0 Å². The molecular formula is C12H16ClN3O. The number of nitrogens with zero attached hydrogens (tertiary/aromatic N) is 2. The molecule has 0 amide bonds. The van der Waals surface area contributed by atoms with E-state index in [1.54, 1.807) is 7.11 Å². The molecule has 2 N–H and O–H groups in total. The van der Waals surface area contributed by atoms with E-state index in [0.717, 1.165) is 37.0 Å². The number of methoxy groups -OCH3 is 1. The molecule has 17 heavy (non-hydrogen) atoms. The lowest BCUT2D eigenvalue weighted by molar-refractivity contribution is 0.191. The fourth-order valence-corrected chi connectivity index (χ4v) is 2.17. The van der Waals surface area contributed by atoms with E-state index in [2.05, 4.69) is 4.98 Å². The summed E-state index contributed by atoms with van der Waals surface area (Å²) in [5.74, 6) is 0.519. The molecule has 2 rings (SSSR count). The Bertz CT molecular complexity index is 510. The van der Waals surface area contributed by atoms with Crippen LogP contribution in [0.5, 0.6) is 0 Å². The molecule has 0 radical (unpaired) electrons. The molecule has 2 aromatic rings. The van der Waals surface area contributed by atoms with Crippen molar-refractivity contribution in [2.45, 2.75) is 19.4 Å². The Morgan fingerprint density at radius 3 is 3.00 bits per heavy atom. The van der Waals surface area contributed by atoms with Crippen molar-refractivity contribution in [3.8, 4) is 0 Å². The number of aryl methyl sites for hydroxylation is 1. The van der Waals surface area contributed by atoms with Crippen LogP contribution in [0.2, 0.25) is 5.02 Å². The van der Waals surface area contributed by atoms with Crippen LogP contribution >= 0.6 is 11.6 Å². The number of anilines is 1. The molecule has 0 atom stereocenters. The number of ether oxygens (including phenoxy) is 1. The molecule has 0 aliphatic carbocycles. The number of unbranched alkanes of at least 4 members (excludes halogenated alkanes) is 1. The largest absolute Gasteiger partial charge is 0.385 e. The second-order valence-corrected chi connectivity index (χ2v) is 4.34. The summed E-state index contributed by atoms with van der Waals surface area (Å²) in [5.41, 5.74) is 7.67. The topological polar surface area (TPSA) is 53.1 Å². The zero-order valence-corrected chi connectivity index (χ0v) is 10.6. The predicted octanol–water partition coefficient (Wildman–Crippen LogP) is 2.70. The molecule has 0 fully saturated rings. The maximum absolute atomic E-state index is 6.17. The summed E-state index contributed by atoms with van der Waals surface area (Å²) >= 11 is 6.17. The number of fused-ring (bicyclic) bond motifs is 1. The quantitative estimate of drug-likeness (QED) is 0.834. The van der Waals surface area contributed by atoms with E-state index in [1.165, 1.54) is 0 Å². The third kappa shape index (κ3) is 2.53. The number of nitrogens with two attached hydrogens (primary N) is 1. The van der Waals surface area contributed by atoms with Crippen LogP contribution < -0.4 is 5.73 Å². The third-order valence-electron chi connectivity index (χ3n) is 2.73. The normalized spacial score (nSPS) is 11.2. The molecule has 0 bridgehead atoms. The van der Waals surface area contributed by atoms with E-state index in [4.69, 9.17) is 22.1 Å². The Labute approximate surface area is 105 Å². The van der Waals surface area contributed by atoms with Crippen LogP contribution in [0.3, 0.4) is 0 Å². The Balaban J connectivity index is 2.23. The van der Waals surface area contributed by atoms with E-state index >= 15 is 0 Å². The molecule has 1 heterocycles. The van der Waals surface area contributed by atoms with Crippen LogP contribution in [0.15, 0.2) is 18.2 Å². The first kappa shape index (κ1) is 12.2. The second-order valence-electron chi connectivity index (χ2n) is 3.93. The maximum Gasteiger partial charge on any atom is 0.201 e. The molecule has 1 aromatic heterocycles. The minimum absolute atomic E-state index is 0.519. The highest BCUT2D eigenvalue weighted by Gasteiger charge is 2.10. The maximum atomic E-state index is 6.17. The lowest BCUT2D eigenvalue weighted by Gasteiger charge is -2.07. The Morgan fingerprint density at radius 1 is 1.41 bits per heavy atom. The molecule has 0 unspecified atom stereocenters. The van der Waals surface area contributed by atoms with E-state index in [1.807, 2.05) is 22.8 Å². The van der Waals surface area contributed by atoms with Crippen LogP contribution in [0.25, 0.3) is 11.0 Å². The lowest BCUT2D eigenvalue weighted by Crippen LogP contribution is -2.04. The number of nitrogen functional groups attached to an aromatic ring is 1. The van der Waals surface area contributed by atoms with Crippen LogP contribution in [0.1, 0.15) is 12.8 Å². The number of imidazole rings is 1. The molecule has 0 aliphatic rings. The second kappa shape index (κ2) is 5.38. The van der Waals surface area contributed by atoms with Crippen molar-refractivity contribution in [1.29, 1.82) is 0 Å². The van der Waals surface area contributed by atoms with Gasteiger partial charge in [0, 0.05) is 20.3 Å². The number of hydrogen-bond acceptors (Lipinski definition) is 3. The van der Waals surface area contributed by atoms with Crippen LogP contribution in [-0.4, -0.2) is 23.3 Å². The summed E-state index contributed by atoms with van der Waals surface area (Å²) in [6.45, 7) is 1.58. The summed E-state index contributed by atoms with van der Waals surface area (Å²) in [7, 11) is 1.71. The summed E-state index contributed by atoms with van der Waals surface area (Å²) in [4.78, 5) is 4.30. The summed E-state index contributed by atoms with van der Waals surface area (Å²) in [5, 5.41) is 0.693. The van der Waals surface area contributed by atoms with Gasteiger partial charge in [0.15, 0.2) is 0 Å². The summed E-state index contributed by atoms with van der Waals surface area (Å²) in [6, 6.07) is 5.66. The first-order valence-corrected chi connectivity index (χ1v) is 6.01. The van der Waals surface area contributed by atoms with Crippen molar-refractivity contribution in [3.63, 3.8) is 0 Å². The molecular weight excluding hydrogens is 238 g/mol. The van der Waals surface area contributed by atoms with Gasteiger partial charge in [-0.15, -0.1) is 0 Å². The highest BCUT2D eigenvalue weighted by atomic mass is 35.5. The van der Waals surface area contributed by atoms with Gasteiger partial charge in [-0.3, -0.25) is 0 Å². The summed E-state index contributed by atoms with van der Waals surface area (Å²) in [6.07, 6.45) is 1.99. The minimum atomic E-state index is 0.519. The van der Waals surface area contributed by atoms with Gasteiger partial charge >= 0.3 is 0 Å². The molecule has 0 saturated carbocycles. The van der Waals surface area contributed by atoms with Gasteiger partial charge in [-0.2, -0.15) is 0 Å². The SMILES string of the molecule is COCCCCn1c(N)nc2cccc(Cl)c21. The number of para-hydroxylation sites is 1. The predicted molar refractivity (Wildman–Crippen MR) is 70.3 cm³/mol. The van der Waals surface area contributed by atoms with Crippen LogP contribution in [-0.2, 0) is 11.3 Å². The van der Waals surface area contributed by atoms with Gasteiger partial charge in [-0.05, 0) is 25.0 Å². The number of benzene rings is 1. The molecule has 92 valence electrons. The molecule has 0 saturated heterocycles. The fourth-order valence-electron chi connectivity index (χ4n) is 1.90. The number of aromatic nitrogens is 2. The van der Waals surface area contributed by atoms with Crippen molar-refractivity contribution in [1.82, 2.24) is 9.55 Å². The Kier molecular flexibility index (Phi) is 3.86. The standard InChI is InChI=1S/C12H16ClN3O/c1-17-8-3-2-7-16-11-9(13)5-4-6-10(11)15-12(16)14/h4-6H,2-3,7-8H2,1H3,(H2,14,15). The first-order valence-electron chi connectivity index (χ1n) is 5.63. The van der Waals surface area contributed by atoms with Crippen molar-refractivity contribution in [3.05, 3.63) is 23.2 Å². The molecule has 4 nitrogen and oxygen atoms in total. The lowest BCUT2D eigenvalue weighted by atomic mass is 10.3. The first-order chi connectivity index (χ1) is 8.24. The monoisotopic (exact) mass is 253 g/mol. The average molecular weight is 254 g/mol. The molecule has 1 aromatic carbocycles. The number of rotatable bonds is 5. The van der Waals surface area contributed by atoms with E-state index < -0.39 is 0 Å². The molecule has 5 heteroatoms. The minimum Gasteiger partial charge on any atom is -0.385 e. The van der Waals surface area contributed by atoms with Gasteiger partial charge in [0.2, 0.25) is 5.95 Å². The Morgan fingerprint density at radius 2 is 2.24 bits per heavy atom. The van der Waals surface area contributed by atoms with Gasteiger partial charge in [-0.25, -0.2) is 4.98 Å². The number of halogens is 1. The van der Waals surface area contributed by atoms with Crippen molar-refractivity contribution in [2.24, 2.45) is 0 Å².